The molecular weight excluding hydrogens is 271 g/mol. The van der Waals surface area contributed by atoms with Crippen LogP contribution in [-0.4, -0.2) is 55.5 Å². The van der Waals surface area contributed by atoms with E-state index in [9.17, 15) is 9.18 Å². The van der Waals surface area contributed by atoms with E-state index in [4.69, 9.17) is 5.26 Å². The molecule has 112 valence electrons. The summed E-state index contributed by atoms with van der Waals surface area (Å²) in [7, 11) is 1.80. The third-order valence-electron chi connectivity index (χ3n) is 3.50. The van der Waals surface area contributed by atoms with Gasteiger partial charge in [0.05, 0.1) is 18.2 Å². The van der Waals surface area contributed by atoms with E-state index in [0.717, 1.165) is 26.2 Å². The van der Waals surface area contributed by atoms with Gasteiger partial charge in [0.1, 0.15) is 5.82 Å². The Morgan fingerprint density at radius 2 is 2.19 bits per heavy atom. The highest BCUT2D eigenvalue weighted by Crippen LogP contribution is 2.12. The smallest absolute Gasteiger partial charge is 0.236 e. The zero-order valence-electron chi connectivity index (χ0n) is 12.1. The lowest BCUT2D eigenvalue weighted by Gasteiger charge is -2.29. The number of hydrogen-bond acceptors (Lipinski definition) is 4. The predicted molar refractivity (Wildman–Crippen MR) is 76.9 cm³/mol. The quantitative estimate of drug-likeness (QED) is 0.880. The van der Waals surface area contributed by atoms with Crippen LogP contribution in [0.3, 0.4) is 0 Å². The maximum atomic E-state index is 13.3. The molecule has 0 unspecified atom stereocenters. The first-order valence-corrected chi connectivity index (χ1v) is 6.95. The fourth-order valence-electron chi connectivity index (χ4n) is 2.39. The minimum Gasteiger partial charge on any atom is -0.339 e. The molecule has 5 nitrogen and oxygen atoms in total. The van der Waals surface area contributed by atoms with Crippen LogP contribution in [0.2, 0.25) is 0 Å². The van der Waals surface area contributed by atoms with Gasteiger partial charge in [0, 0.05) is 32.7 Å². The van der Waals surface area contributed by atoms with Crippen molar-refractivity contribution in [3.63, 3.8) is 0 Å². The molecule has 1 N–H and O–H groups in total. The summed E-state index contributed by atoms with van der Waals surface area (Å²) in [5.74, 6) is -0.306. The van der Waals surface area contributed by atoms with E-state index in [1.165, 1.54) is 18.2 Å². The Labute approximate surface area is 123 Å². The molecular formula is C15H19FN4O. The number of carbonyl (C=O) groups is 1. The molecule has 0 saturated carbocycles. The molecule has 0 radical (unpaired) electrons. The van der Waals surface area contributed by atoms with Crippen LogP contribution in [0.4, 0.5) is 4.39 Å². The highest BCUT2D eigenvalue weighted by atomic mass is 19.1. The number of piperazine rings is 1. The van der Waals surface area contributed by atoms with Gasteiger partial charge >= 0.3 is 0 Å². The van der Waals surface area contributed by atoms with Gasteiger partial charge in [-0.25, -0.2) is 4.39 Å². The van der Waals surface area contributed by atoms with Gasteiger partial charge in [-0.05, 0) is 30.8 Å². The van der Waals surface area contributed by atoms with Crippen molar-refractivity contribution in [1.82, 2.24) is 15.1 Å². The number of amides is 1. The van der Waals surface area contributed by atoms with E-state index < -0.39 is 0 Å². The first-order chi connectivity index (χ1) is 10.1. The molecule has 1 heterocycles. The fourth-order valence-corrected chi connectivity index (χ4v) is 2.39. The van der Waals surface area contributed by atoms with Crippen molar-refractivity contribution in [3.8, 4) is 6.07 Å². The molecule has 0 atom stereocenters. The average molecular weight is 290 g/mol. The third-order valence-corrected chi connectivity index (χ3v) is 3.50. The van der Waals surface area contributed by atoms with Gasteiger partial charge in [-0.3, -0.25) is 9.69 Å². The second kappa shape index (κ2) is 7.16. The van der Waals surface area contributed by atoms with Crippen molar-refractivity contribution < 1.29 is 9.18 Å². The number of benzene rings is 1. The van der Waals surface area contributed by atoms with Crippen molar-refractivity contribution in [2.24, 2.45) is 0 Å². The standard InChI is InChI=1S/C15H19FN4O/c1-19(11-15(21)20-6-4-18-5-7-20)10-13-8-14(16)3-2-12(13)9-17/h2-3,8,18H,4-7,10-11H2,1H3. The second-order valence-electron chi connectivity index (χ2n) is 5.22. The first-order valence-electron chi connectivity index (χ1n) is 6.95. The summed E-state index contributed by atoms with van der Waals surface area (Å²) in [5, 5.41) is 12.2. The van der Waals surface area contributed by atoms with Gasteiger partial charge in [-0.2, -0.15) is 5.26 Å². The molecule has 1 aromatic rings. The Kier molecular flexibility index (Phi) is 5.26. The minimum atomic E-state index is -0.370. The summed E-state index contributed by atoms with van der Waals surface area (Å²) in [5.41, 5.74) is 1.05. The molecule has 1 aromatic carbocycles. The lowest BCUT2D eigenvalue weighted by Crippen LogP contribution is -2.49. The SMILES string of the molecule is CN(CC(=O)N1CCNCC1)Cc1cc(F)ccc1C#N. The monoisotopic (exact) mass is 290 g/mol. The molecule has 2 rings (SSSR count). The Morgan fingerprint density at radius 3 is 2.86 bits per heavy atom. The molecule has 0 bridgehead atoms. The number of halogens is 1. The van der Waals surface area contributed by atoms with Crippen molar-refractivity contribution >= 4 is 5.91 Å². The zero-order chi connectivity index (χ0) is 15.2. The summed E-state index contributed by atoms with van der Waals surface area (Å²) < 4.78 is 13.3. The minimum absolute atomic E-state index is 0.0638. The van der Waals surface area contributed by atoms with Crippen LogP contribution in [0, 0.1) is 17.1 Å². The fraction of sp³-hybridized carbons (Fsp3) is 0.467. The van der Waals surface area contributed by atoms with Crippen molar-refractivity contribution in [3.05, 3.63) is 35.1 Å². The molecule has 1 aliphatic rings. The van der Waals surface area contributed by atoms with Crippen molar-refractivity contribution in [2.75, 3.05) is 39.8 Å². The van der Waals surface area contributed by atoms with Gasteiger partial charge in [-0.1, -0.05) is 0 Å². The van der Waals surface area contributed by atoms with E-state index in [-0.39, 0.29) is 18.3 Å². The van der Waals surface area contributed by atoms with Crippen molar-refractivity contribution in [1.29, 1.82) is 5.26 Å². The molecule has 1 amide bonds. The first kappa shape index (κ1) is 15.4. The van der Waals surface area contributed by atoms with Crippen LogP contribution < -0.4 is 5.32 Å². The van der Waals surface area contributed by atoms with Gasteiger partial charge in [0.25, 0.3) is 0 Å². The highest BCUT2D eigenvalue weighted by Gasteiger charge is 2.18. The largest absolute Gasteiger partial charge is 0.339 e. The predicted octanol–water partition coefficient (Wildman–Crippen LogP) is 0.561. The summed E-state index contributed by atoms with van der Waals surface area (Å²) in [6.07, 6.45) is 0. The Hall–Kier alpha value is -1.97. The van der Waals surface area contributed by atoms with E-state index in [0.29, 0.717) is 17.7 Å². The lowest BCUT2D eigenvalue weighted by molar-refractivity contribution is -0.132. The van der Waals surface area contributed by atoms with Gasteiger partial charge in [-0.15, -0.1) is 0 Å². The van der Waals surface area contributed by atoms with E-state index in [2.05, 4.69) is 5.32 Å². The van der Waals surface area contributed by atoms with E-state index in [1.54, 1.807) is 11.9 Å². The van der Waals surface area contributed by atoms with E-state index in [1.807, 2.05) is 11.0 Å². The summed E-state index contributed by atoms with van der Waals surface area (Å²) in [4.78, 5) is 15.8. The summed E-state index contributed by atoms with van der Waals surface area (Å²) >= 11 is 0. The Bertz CT molecular complexity index is 549. The molecule has 0 spiro atoms. The number of hydrogen-bond donors (Lipinski definition) is 1. The number of rotatable bonds is 4. The van der Waals surface area contributed by atoms with Crippen LogP contribution >= 0.6 is 0 Å². The molecule has 6 heteroatoms. The summed E-state index contributed by atoms with van der Waals surface area (Å²) in [6.45, 7) is 3.71. The van der Waals surface area contributed by atoms with Crippen molar-refractivity contribution in [2.45, 2.75) is 6.54 Å². The van der Waals surface area contributed by atoms with Crippen LogP contribution in [0.15, 0.2) is 18.2 Å². The van der Waals surface area contributed by atoms with Gasteiger partial charge < -0.3 is 10.2 Å². The number of carbonyl (C=O) groups excluding carboxylic acids is 1. The maximum Gasteiger partial charge on any atom is 0.236 e. The topological polar surface area (TPSA) is 59.4 Å². The van der Waals surface area contributed by atoms with Crippen LogP contribution in [0.5, 0.6) is 0 Å². The zero-order valence-corrected chi connectivity index (χ0v) is 12.1. The lowest BCUT2D eigenvalue weighted by atomic mass is 10.1. The maximum absolute atomic E-state index is 13.3. The number of likely N-dealkylation sites (N-methyl/N-ethyl adjacent to an activating group) is 1. The summed E-state index contributed by atoms with van der Waals surface area (Å²) in [6, 6.07) is 6.14. The van der Waals surface area contributed by atoms with E-state index >= 15 is 0 Å². The van der Waals surface area contributed by atoms with Crippen LogP contribution in [0.25, 0.3) is 0 Å². The van der Waals surface area contributed by atoms with Crippen LogP contribution in [0.1, 0.15) is 11.1 Å². The molecule has 0 aromatic heterocycles. The molecule has 21 heavy (non-hydrogen) atoms. The van der Waals surface area contributed by atoms with Crippen LogP contribution in [-0.2, 0) is 11.3 Å². The molecule has 1 aliphatic heterocycles. The second-order valence-corrected chi connectivity index (χ2v) is 5.22. The Balaban J connectivity index is 1.95. The number of nitrogens with one attached hydrogen (secondary N) is 1. The molecule has 1 saturated heterocycles. The average Bonchev–Trinajstić information content (AvgIpc) is 2.48. The van der Waals surface area contributed by atoms with Gasteiger partial charge in [0.15, 0.2) is 0 Å². The highest BCUT2D eigenvalue weighted by molar-refractivity contribution is 5.78. The van der Waals surface area contributed by atoms with Gasteiger partial charge in [0.2, 0.25) is 5.91 Å². The molecule has 1 fully saturated rings. The molecule has 0 aliphatic carbocycles. The third kappa shape index (κ3) is 4.25. The number of nitriles is 1. The normalized spacial score (nSPS) is 15.0. The number of nitrogens with zero attached hydrogens (tertiary/aromatic N) is 3. The Morgan fingerprint density at radius 1 is 1.48 bits per heavy atom.